The molecule has 2 aromatic heterocycles. The second kappa shape index (κ2) is 8.29. The molecule has 0 amide bonds. The highest BCUT2D eigenvalue weighted by molar-refractivity contribution is 5.78. The van der Waals surface area contributed by atoms with Crippen molar-refractivity contribution < 1.29 is 14.2 Å². The molecule has 7 nitrogen and oxygen atoms in total. The van der Waals surface area contributed by atoms with E-state index in [4.69, 9.17) is 9.72 Å². The average Bonchev–Trinajstić information content (AvgIpc) is 3.41. The Hall–Kier alpha value is -3.78. The first kappa shape index (κ1) is 21.1. The molecule has 2 aromatic carbocycles. The van der Waals surface area contributed by atoms with Crippen molar-refractivity contribution in [2.24, 2.45) is 0 Å². The van der Waals surface area contributed by atoms with Crippen LogP contribution in [0.5, 0.6) is 6.01 Å². The highest BCUT2D eigenvalue weighted by Gasteiger charge is 2.31. The maximum atomic E-state index is 13.5. The van der Waals surface area contributed by atoms with Gasteiger partial charge < -0.3 is 15.2 Å². The highest BCUT2D eigenvalue weighted by atomic mass is 19.1. The number of hydrogen-bond acceptors (Lipinski definition) is 6. The topological polar surface area (TPSA) is 85.1 Å². The quantitative estimate of drug-likeness (QED) is 0.456. The van der Waals surface area contributed by atoms with Crippen LogP contribution >= 0.6 is 0 Å². The molecule has 2 N–H and O–H groups in total. The van der Waals surface area contributed by atoms with Gasteiger partial charge in [-0.25, -0.2) is 14.4 Å². The number of benzene rings is 2. The Morgan fingerprint density at radius 2 is 1.82 bits per heavy atom. The van der Waals surface area contributed by atoms with Crippen molar-refractivity contribution in [3.05, 3.63) is 78.2 Å². The fourth-order valence-electron chi connectivity index (χ4n) is 4.01. The molecule has 4 aromatic rings. The maximum absolute atomic E-state index is 13.5. The van der Waals surface area contributed by atoms with Gasteiger partial charge in [-0.3, -0.25) is 4.57 Å². The molecular formula is C25H24FN5O2. The molecule has 3 heterocycles. The van der Waals surface area contributed by atoms with E-state index in [0.29, 0.717) is 36.5 Å². The summed E-state index contributed by atoms with van der Waals surface area (Å²) < 4.78 is 21.1. The van der Waals surface area contributed by atoms with E-state index in [1.807, 2.05) is 48.7 Å². The number of aliphatic hydroxyl groups excluding tert-OH is 1. The number of nitrogens with one attached hydrogen (secondary N) is 1. The third kappa shape index (κ3) is 4.05. The number of aromatic nitrogens is 4. The number of hydrogen-bond donors (Lipinski definition) is 2. The minimum absolute atomic E-state index is 0.309. The summed E-state index contributed by atoms with van der Waals surface area (Å²) in [5.74, 6) is 0.0723. The summed E-state index contributed by atoms with van der Waals surface area (Å²) in [6.45, 7) is 4.97. The van der Waals surface area contributed by atoms with Crippen LogP contribution in [0, 0.1) is 5.82 Å². The number of rotatable bonds is 6. The third-order valence-electron chi connectivity index (χ3n) is 5.73. The van der Waals surface area contributed by atoms with Crippen LogP contribution in [-0.2, 0) is 6.54 Å². The Labute approximate surface area is 190 Å². The van der Waals surface area contributed by atoms with Gasteiger partial charge in [0.25, 0.3) is 6.01 Å². The molecule has 1 aliphatic rings. The second-order valence-electron chi connectivity index (χ2n) is 8.52. The average molecular weight is 445 g/mol. The zero-order chi connectivity index (χ0) is 23.0. The number of halogens is 1. The lowest BCUT2D eigenvalue weighted by Crippen LogP contribution is -2.38. The summed E-state index contributed by atoms with van der Waals surface area (Å²) in [4.78, 5) is 13.7. The van der Waals surface area contributed by atoms with Crippen molar-refractivity contribution in [2.45, 2.75) is 32.0 Å². The van der Waals surface area contributed by atoms with E-state index in [-0.39, 0.29) is 5.82 Å². The lowest BCUT2D eigenvalue weighted by atomic mass is 9.91. The molecule has 1 atom stereocenters. The minimum Gasteiger partial charge on any atom is -0.463 e. The standard InChI is InChI=1S/C25H24FN5O2/c1-25(2,22(32)17-6-4-3-5-7-17)30-23-27-13-12-19(28-23)21-20(16-8-10-18(26)11-9-16)29-24-31(21)14-15-33-24/h3-13,22,32H,14-15H2,1-2H3,(H,27,28,30). The van der Waals surface area contributed by atoms with E-state index < -0.39 is 11.6 Å². The van der Waals surface area contributed by atoms with Gasteiger partial charge in [0.2, 0.25) is 5.95 Å². The molecule has 1 aliphatic heterocycles. The summed E-state index contributed by atoms with van der Waals surface area (Å²) in [5.41, 5.74) is 2.93. The Bertz CT molecular complexity index is 1270. The lowest BCUT2D eigenvalue weighted by molar-refractivity contribution is 0.115. The molecular weight excluding hydrogens is 421 g/mol. The first-order valence-corrected chi connectivity index (χ1v) is 10.8. The van der Waals surface area contributed by atoms with Gasteiger partial charge in [-0.2, -0.15) is 4.98 Å². The maximum Gasteiger partial charge on any atom is 0.297 e. The van der Waals surface area contributed by atoms with Crippen LogP contribution in [0.4, 0.5) is 10.3 Å². The predicted molar refractivity (Wildman–Crippen MR) is 123 cm³/mol. The monoisotopic (exact) mass is 445 g/mol. The SMILES string of the molecule is CC(C)(Nc1nccc(-c2c(-c3ccc(F)cc3)nc3n2CCO3)n1)C(O)c1ccccc1. The van der Waals surface area contributed by atoms with Gasteiger partial charge in [0.15, 0.2) is 0 Å². The van der Waals surface area contributed by atoms with E-state index >= 15 is 0 Å². The Morgan fingerprint density at radius 3 is 2.58 bits per heavy atom. The molecule has 0 aliphatic carbocycles. The first-order valence-electron chi connectivity index (χ1n) is 10.8. The van der Waals surface area contributed by atoms with Crippen molar-refractivity contribution in [3.63, 3.8) is 0 Å². The van der Waals surface area contributed by atoms with Crippen molar-refractivity contribution in [1.29, 1.82) is 0 Å². The van der Waals surface area contributed by atoms with Crippen LogP contribution in [0.15, 0.2) is 66.9 Å². The molecule has 0 saturated carbocycles. The molecule has 33 heavy (non-hydrogen) atoms. The molecule has 0 spiro atoms. The van der Waals surface area contributed by atoms with Crippen LogP contribution < -0.4 is 10.1 Å². The number of anilines is 1. The summed E-state index contributed by atoms with van der Waals surface area (Å²) in [5, 5.41) is 14.2. The molecule has 0 saturated heterocycles. The lowest BCUT2D eigenvalue weighted by Gasteiger charge is -2.32. The molecule has 168 valence electrons. The smallest absolute Gasteiger partial charge is 0.297 e. The highest BCUT2D eigenvalue weighted by Crippen LogP contribution is 2.37. The Kier molecular flexibility index (Phi) is 5.30. The number of nitrogens with zero attached hydrogens (tertiary/aromatic N) is 4. The largest absolute Gasteiger partial charge is 0.463 e. The van der Waals surface area contributed by atoms with Gasteiger partial charge in [-0.05, 0) is 49.7 Å². The van der Waals surface area contributed by atoms with Gasteiger partial charge in [0.1, 0.15) is 24.2 Å². The van der Waals surface area contributed by atoms with E-state index in [1.165, 1.54) is 12.1 Å². The van der Waals surface area contributed by atoms with Crippen LogP contribution in [0.2, 0.25) is 0 Å². The summed E-state index contributed by atoms with van der Waals surface area (Å²) >= 11 is 0. The van der Waals surface area contributed by atoms with E-state index in [0.717, 1.165) is 16.8 Å². The zero-order valence-electron chi connectivity index (χ0n) is 18.4. The van der Waals surface area contributed by atoms with Crippen molar-refractivity contribution >= 4 is 5.95 Å². The van der Waals surface area contributed by atoms with Crippen LogP contribution in [0.3, 0.4) is 0 Å². The zero-order valence-corrected chi connectivity index (χ0v) is 18.4. The van der Waals surface area contributed by atoms with E-state index in [1.54, 1.807) is 24.4 Å². The van der Waals surface area contributed by atoms with Gasteiger partial charge >= 0.3 is 0 Å². The van der Waals surface area contributed by atoms with Crippen molar-refractivity contribution in [1.82, 2.24) is 19.5 Å². The number of aliphatic hydroxyl groups is 1. The predicted octanol–water partition coefficient (Wildman–Crippen LogP) is 4.46. The Morgan fingerprint density at radius 1 is 1.06 bits per heavy atom. The number of ether oxygens (including phenoxy) is 1. The van der Waals surface area contributed by atoms with Gasteiger partial charge in [-0.15, -0.1) is 0 Å². The van der Waals surface area contributed by atoms with Crippen LogP contribution in [-0.4, -0.2) is 36.8 Å². The number of fused-ring (bicyclic) bond motifs is 1. The molecule has 1 unspecified atom stereocenters. The van der Waals surface area contributed by atoms with Crippen LogP contribution in [0.1, 0.15) is 25.5 Å². The van der Waals surface area contributed by atoms with Crippen LogP contribution in [0.25, 0.3) is 22.6 Å². The van der Waals surface area contributed by atoms with Gasteiger partial charge in [0.05, 0.1) is 23.5 Å². The molecule has 0 bridgehead atoms. The Balaban J connectivity index is 1.51. The van der Waals surface area contributed by atoms with Gasteiger partial charge in [-0.1, -0.05) is 30.3 Å². The molecule has 8 heteroatoms. The third-order valence-corrected chi connectivity index (χ3v) is 5.73. The fraction of sp³-hybridized carbons (Fsp3) is 0.240. The van der Waals surface area contributed by atoms with Crippen molar-refractivity contribution in [2.75, 3.05) is 11.9 Å². The summed E-state index contributed by atoms with van der Waals surface area (Å²) in [7, 11) is 0. The van der Waals surface area contributed by atoms with Gasteiger partial charge in [0, 0.05) is 11.8 Å². The number of imidazole rings is 1. The molecule has 5 rings (SSSR count). The minimum atomic E-state index is -0.770. The summed E-state index contributed by atoms with van der Waals surface area (Å²) in [6.07, 6.45) is 0.896. The summed E-state index contributed by atoms with van der Waals surface area (Å²) in [6, 6.07) is 18.0. The fourth-order valence-corrected chi connectivity index (χ4v) is 4.01. The van der Waals surface area contributed by atoms with Crippen molar-refractivity contribution in [3.8, 4) is 28.7 Å². The normalized spacial score (nSPS) is 13.9. The second-order valence-corrected chi connectivity index (χ2v) is 8.52. The first-order chi connectivity index (χ1) is 15.9. The van der Waals surface area contributed by atoms with E-state index in [9.17, 15) is 9.50 Å². The van der Waals surface area contributed by atoms with E-state index in [2.05, 4.69) is 15.3 Å². The molecule has 0 radical (unpaired) electrons. The molecule has 0 fully saturated rings.